The van der Waals surface area contributed by atoms with Gasteiger partial charge in [0.2, 0.25) is 5.91 Å². The second kappa shape index (κ2) is 6.25. The molecule has 0 aromatic heterocycles. The van der Waals surface area contributed by atoms with Crippen LogP contribution in [0.5, 0.6) is 0 Å². The Balaban J connectivity index is 1.92. The van der Waals surface area contributed by atoms with Crippen LogP contribution in [0.1, 0.15) is 18.4 Å². The van der Waals surface area contributed by atoms with Gasteiger partial charge in [-0.2, -0.15) is 13.2 Å². The van der Waals surface area contributed by atoms with Crippen molar-refractivity contribution in [3.8, 4) is 0 Å². The lowest BCUT2D eigenvalue weighted by atomic mass is 10.2. The van der Waals surface area contributed by atoms with E-state index in [2.05, 4.69) is 5.32 Å². The van der Waals surface area contributed by atoms with Crippen molar-refractivity contribution in [1.29, 1.82) is 0 Å². The minimum atomic E-state index is -4.40. The number of hydrogen-bond acceptors (Lipinski definition) is 3. The fourth-order valence-corrected chi connectivity index (χ4v) is 2.38. The number of benzene rings is 1. The van der Waals surface area contributed by atoms with Crippen LogP contribution in [-0.4, -0.2) is 41.0 Å². The van der Waals surface area contributed by atoms with Crippen molar-refractivity contribution in [3.05, 3.63) is 29.8 Å². The Labute approximate surface area is 124 Å². The van der Waals surface area contributed by atoms with Gasteiger partial charge in [0.05, 0.1) is 12.1 Å². The molecule has 0 saturated carbocycles. The Morgan fingerprint density at radius 3 is 2.45 bits per heavy atom. The summed E-state index contributed by atoms with van der Waals surface area (Å²) >= 11 is 0. The van der Waals surface area contributed by atoms with Gasteiger partial charge < -0.3 is 15.3 Å². The van der Waals surface area contributed by atoms with Gasteiger partial charge >= 0.3 is 12.1 Å². The van der Waals surface area contributed by atoms with Crippen LogP contribution in [0.2, 0.25) is 0 Å². The lowest BCUT2D eigenvalue weighted by Gasteiger charge is -2.21. The highest BCUT2D eigenvalue weighted by Gasteiger charge is 2.33. The van der Waals surface area contributed by atoms with E-state index in [-0.39, 0.29) is 12.5 Å². The van der Waals surface area contributed by atoms with E-state index in [1.54, 1.807) is 0 Å². The smallest absolute Gasteiger partial charge is 0.416 e. The summed E-state index contributed by atoms with van der Waals surface area (Å²) in [4.78, 5) is 24.3. The van der Waals surface area contributed by atoms with Crippen LogP contribution < -0.4 is 5.32 Å². The highest BCUT2D eigenvalue weighted by atomic mass is 19.4. The van der Waals surface area contributed by atoms with Crippen molar-refractivity contribution in [3.63, 3.8) is 0 Å². The van der Waals surface area contributed by atoms with Crippen LogP contribution in [0.4, 0.5) is 18.9 Å². The SMILES string of the molecule is O=C(O)[C@H]1CCCN1C(=O)CNc1ccc(C(F)(F)F)cc1. The van der Waals surface area contributed by atoms with E-state index in [1.807, 2.05) is 0 Å². The van der Waals surface area contributed by atoms with Gasteiger partial charge in [-0.1, -0.05) is 0 Å². The number of hydrogen-bond donors (Lipinski definition) is 2. The molecule has 1 aromatic carbocycles. The largest absolute Gasteiger partial charge is 0.480 e. The number of nitrogens with zero attached hydrogens (tertiary/aromatic N) is 1. The van der Waals surface area contributed by atoms with Gasteiger partial charge in [-0.3, -0.25) is 4.79 Å². The maximum atomic E-state index is 12.4. The summed E-state index contributed by atoms with van der Waals surface area (Å²) in [6.07, 6.45) is -3.36. The third kappa shape index (κ3) is 3.69. The minimum Gasteiger partial charge on any atom is -0.480 e. The fraction of sp³-hybridized carbons (Fsp3) is 0.429. The molecule has 1 aliphatic rings. The number of likely N-dealkylation sites (tertiary alicyclic amines) is 1. The Bertz CT molecular complexity index is 557. The molecular formula is C14H15F3N2O3. The Kier molecular flexibility index (Phi) is 4.58. The first-order valence-electron chi connectivity index (χ1n) is 6.72. The second-order valence-corrected chi connectivity index (χ2v) is 5.01. The Morgan fingerprint density at radius 1 is 1.27 bits per heavy atom. The molecule has 1 amide bonds. The first kappa shape index (κ1) is 16.1. The zero-order valence-electron chi connectivity index (χ0n) is 11.6. The summed E-state index contributed by atoms with van der Waals surface area (Å²) in [5.74, 6) is -1.43. The average molecular weight is 316 g/mol. The second-order valence-electron chi connectivity index (χ2n) is 5.01. The summed E-state index contributed by atoms with van der Waals surface area (Å²) in [6.45, 7) is 0.222. The molecule has 1 aromatic rings. The standard InChI is InChI=1S/C14H15F3N2O3/c15-14(16,17)9-3-5-10(6-4-9)18-8-12(20)19-7-1-2-11(19)13(21)22/h3-6,11,18H,1-2,7-8H2,(H,21,22)/t11-/m1/s1. The minimum absolute atomic E-state index is 0.158. The van der Waals surface area contributed by atoms with E-state index >= 15 is 0 Å². The van der Waals surface area contributed by atoms with Crippen molar-refractivity contribution in [2.75, 3.05) is 18.4 Å². The molecule has 0 spiro atoms. The first-order chi connectivity index (χ1) is 10.3. The number of nitrogens with one attached hydrogen (secondary N) is 1. The molecule has 2 rings (SSSR count). The molecule has 1 atom stereocenters. The lowest BCUT2D eigenvalue weighted by molar-refractivity contribution is -0.147. The molecular weight excluding hydrogens is 301 g/mol. The topological polar surface area (TPSA) is 69.6 Å². The molecule has 2 N–H and O–H groups in total. The monoisotopic (exact) mass is 316 g/mol. The van der Waals surface area contributed by atoms with Crippen LogP contribution in [0.3, 0.4) is 0 Å². The van der Waals surface area contributed by atoms with Crippen molar-refractivity contribution >= 4 is 17.6 Å². The van der Waals surface area contributed by atoms with Crippen LogP contribution in [-0.2, 0) is 15.8 Å². The number of aliphatic carboxylic acids is 1. The number of rotatable bonds is 4. The molecule has 120 valence electrons. The van der Waals surface area contributed by atoms with E-state index < -0.39 is 23.8 Å². The predicted molar refractivity (Wildman–Crippen MR) is 72.3 cm³/mol. The number of halogens is 3. The number of carbonyl (C=O) groups excluding carboxylic acids is 1. The lowest BCUT2D eigenvalue weighted by Crippen LogP contribution is -2.43. The zero-order valence-corrected chi connectivity index (χ0v) is 11.6. The van der Waals surface area contributed by atoms with Crippen molar-refractivity contribution in [2.45, 2.75) is 25.1 Å². The van der Waals surface area contributed by atoms with Crippen LogP contribution >= 0.6 is 0 Å². The van der Waals surface area contributed by atoms with E-state index in [1.165, 1.54) is 17.0 Å². The summed E-state index contributed by atoms with van der Waals surface area (Å²) in [6, 6.07) is 3.48. The van der Waals surface area contributed by atoms with Crippen molar-refractivity contribution in [2.24, 2.45) is 0 Å². The third-order valence-corrected chi connectivity index (χ3v) is 3.51. The Morgan fingerprint density at radius 2 is 1.91 bits per heavy atom. The zero-order chi connectivity index (χ0) is 16.3. The fourth-order valence-electron chi connectivity index (χ4n) is 2.38. The molecule has 1 aliphatic heterocycles. The van der Waals surface area contributed by atoms with Gasteiger partial charge in [-0.25, -0.2) is 4.79 Å². The molecule has 0 aliphatic carbocycles. The van der Waals surface area contributed by atoms with Crippen molar-refractivity contribution < 1.29 is 27.9 Å². The van der Waals surface area contributed by atoms with Crippen LogP contribution in [0.25, 0.3) is 0 Å². The molecule has 5 nitrogen and oxygen atoms in total. The predicted octanol–water partition coefficient (Wildman–Crippen LogP) is 2.19. The van der Waals surface area contributed by atoms with Gasteiger partial charge in [-0.05, 0) is 37.1 Å². The summed E-state index contributed by atoms with van der Waals surface area (Å²) in [5, 5.41) is 11.7. The molecule has 0 radical (unpaired) electrons. The summed E-state index contributed by atoms with van der Waals surface area (Å²) < 4.78 is 37.3. The number of alkyl halides is 3. The maximum Gasteiger partial charge on any atom is 0.416 e. The third-order valence-electron chi connectivity index (χ3n) is 3.51. The van der Waals surface area contributed by atoms with Gasteiger partial charge in [0, 0.05) is 12.2 Å². The van der Waals surface area contributed by atoms with Gasteiger partial charge in [-0.15, -0.1) is 0 Å². The van der Waals surface area contributed by atoms with Crippen molar-refractivity contribution in [1.82, 2.24) is 4.90 Å². The molecule has 8 heteroatoms. The summed E-state index contributed by atoms with van der Waals surface area (Å²) in [5.41, 5.74) is -0.401. The van der Waals surface area contributed by atoms with E-state index in [9.17, 15) is 22.8 Å². The van der Waals surface area contributed by atoms with Crippen LogP contribution in [0.15, 0.2) is 24.3 Å². The molecule has 1 fully saturated rings. The number of carbonyl (C=O) groups is 2. The summed E-state index contributed by atoms with van der Waals surface area (Å²) in [7, 11) is 0. The normalized spacial score (nSPS) is 18.3. The number of anilines is 1. The highest BCUT2D eigenvalue weighted by molar-refractivity contribution is 5.86. The molecule has 0 unspecified atom stereocenters. The highest BCUT2D eigenvalue weighted by Crippen LogP contribution is 2.29. The maximum absolute atomic E-state index is 12.4. The average Bonchev–Trinajstić information content (AvgIpc) is 2.94. The number of amides is 1. The Hall–Kier alpha value is -2.25. The van der Waals surface area contributed by atoms with E-state index in [0.717, 1.165) is 12.1 Å². The van der Waals surface area contributed by atoms with Gasteiger partial charge in [0.15, 0.2) is 0 Å². The van der Waals surface area contributed by atoms with Gasteiger partial charge in [0.25, 0.3) is 0 Å². The van der Waals surface area contributed by atoms with Gasteiger partial charge in [0.1, 0.15) is 6.04 Å². The molecule has 22 heavy (non-hydrogen) atoms. The quantitative estimate of drug-likeness (QED) is 0.893. The molecule has 1 saturated heterocycles. The first-order valence-corrected chi connectivity index (χ1v) is 6.72. The molecule has 0 bridgehead atoms. The molecule has 1 heterocycles. The number of carboxylic acid groups (broad SMARTS) is 1. The van der Waals surface area contributed by atoms with E-state index in [0.29, 0.717) is 25.1 Å². The van der Waals surface area contributed by atoms with Crippen LogP contribution in [0, 0.1) is 0 Å². The number of carboxylic acids is 1. The van der Waals surface area contributed by atoms with E-state index in [4.69, 9.17) is 5.11 Å².